The number of aromatic nitrogens is 1. The number of thiophene rings is 1. The van der Waals surface area contributed by atoms with Gasteiger partial charge in [-0.1, -0.05) is 0 Å². The van der Waals surface area contributed by atoms with Gasteiger partial charge in [0.15, 0.2) is 0 Å². The highest BCUT2D eigenvalue weighted by Gasteiger charge is 2.29. The minimum Gasteiger partial charge on any atom is -0.338 e. The van der Waals surface area contributed by atoms with E-state index in [4.69, 9.17) is 0 Å². The summed E-state index contributed by atoms with van der Waals surface area (Å²) >= 11 is 2.59. The van der Waals surface area contributed by atoms with Crippen LogP contribution in [0, 0.1) is 6.92 Å². The van der Waals surface area contributed by atoms with E-state index >= 15 is 0 Å². The molecule has 26 heavy (non-hydrogen) atoms. The first kappa shape index (κ1) is 18.1. The summed E-state index contributed by atoms with van der Waals surface area (Å²) in [5, 5.41) is 2.54. The molecule has 4 rings (SSSR count). The molecule has 4 heterocycles. The van der Waals surface area contributed by atoms with Crippen molar-refractivity contribution in [3.63, 3.8) is 0 Å². The third kappa shape index (κ3) is 3.21. The smallest absolute Gasteiger partial charge is 0.265 e. The number of likely N-dealkylation sites (tertiary alicyclic amines) is 1. The SMILES string of the molecule is Cc1nc(-c2csc(S(=O)(=O)N3CCCC3)c2)sc1C(=O)N1CCCC1. The number of hydrogen-bond acceptors (Lipinski definition) is 6. The van der Waals surface area contributed by atoms with Crippen molar-refractivity contribution in [2.24, 2.45) is 0 Å². The van der Waals surface area contributed by atoms with Gasteiger partial charge >= 0.3 is 0 Å². The lowest BCUT2D eigenvalue weighted by Crippen LogP contribution is -2.27. The molecule has 0 spiro atoms. The van der Waals surface area contributed by atoms with E-state index in [9.17, 15) is 13.2 Å². The minimum absolute atomic E-state index is 0.0453. The van der Waals surface area contributed by atoms with Crippen LogP contribution in [0.3, 0.4) is 0 Å². The van der Waals surface area contributed by atoms with Crippen LogP contribution in [0.2, 0.25) is 0 Å². The molecule has 0 saturated carbocycles. The first-order valence-corrected chi connectivity index (χ1v) is 12.0. The molecule has 6 nitrogen and oxygen atoms in total. The fourth-order valence-electron chi connectivity index (χ4n) is 3.40. The largest absolute Gasteiger partial charge is 0.338 e. The van der Waals surface area contributed by atoms with Gasteiger partial charge in [-0.05, 0) is 38.7 Å². The Bertz CT molecular complexity index is 920. The van der Waals surface area contributed by atoms with Crippen molar-refractivity contribution in [1.29, 1.82) is 0 Å². The minimum atomic E-state index is -3.41. The second-order valence-corrected chi connectivity index (χ2v) is 10.8. The van der Waals surface area contributed by atoms with Gasteiger partial charge in [0.25, 0.3) is 15.9 Å². The Kier molecular flexibility index (Phi) is 4.89. The Morgan fingerprint density at radius 3 is 2.46 bits per heavy atom. The van der Waals surface area contributed by atoms with Crippen LogP contribution in [0.1, 0.15) is 41.0 Å². The topological polar surface area (TPSA) is 70.6 Å². The van der Waals surface area contributed by atoms with Crippen LogP contribution in [0.5, 0.6) is 0 Å². The summed E-state index contributed by atoms with van der Waals surface area (Å²) in [6.07, 6.45) is 3.95. The van der Waals surface area contributed by atoms with Crippen LogP contribution >= 0.6 is 22.7 Å². The zero-order valence-corrected chi connectivity index (χ0v) is 17.1. The van der Waals surface area contributed by atoms with Crippen molar-refractivity contribution in [2.75, 3.05) is 26.2 Å². The van der Waals surface area contributed by atoms with Gasteiger partial charge in [0.05, 0.1) is 5.69 Å². The summed E-state index contributed by atoms with van der Waals surface area (Å²) in [6, 6.07) is 1.70. The predicted octanol–water partition coefficient (Wildman–Crippen LogP) is 3.20. The second-order valence-electron chi connectivity index (χ2n) is 6.70. The van der Waals surface area contributed by atoms with Gasteiger partial charge in [0.1, 0.15) is 14.1 Å². The number of amides is 1. The Morgan fingerprint density at radius 1 is 1.12 bits per heavy atom. The fourth-order valence-corrected chi connectivity index (χ4v) is 7.33. The molecule has 2 aliphatic rings. The van der Waals surface area contributed by atoms with E-state index in [2.05, 4.69) is 4.98 Å². The Morgan fingerprint density at radius 2 is 1.77 bits per heavy atom. The molecule has 2 aromatic heterocycles. The van der Waals surface area contributed by atoms with Gasteiger partial charge in [-0.2, -0.15) is 4.31 Å². The molecular formula is C17H21N3O3S3. The third-order valence-corrected chi connectivity index (χ3v) is 9.37. The molecule has 0 atom stereocenters. The van der Waals surface area contributed by atoms with Gasteiger partial charge in [-0.3, -0.25) is 4.79 Å². The van der Waals surface area contributed by atoms with Crippen LogP contribution in [-0.2, 0) is 10.0 Å². The van der Waals surface area contributed by atoms with Crippen LogP contribution in [0.15, 0.2) is 15.7 Å². The monoisotopic (exact) mass is 411 g/mol. The summed E-state index contributed by atoms with van der Waals surface area (Å²) in [5.74, 6) is 0.0453. The van der Waals surface area contributed by atoms with Crippen LogP contribution in [-0.4, -0.2) is 54.7 Å². The lowest BCUT2D eigenvalue weighted by atomic mass is 10.3. The second kappa shape index (κ2) is 7.03. The van der Waals surface area contributed by atoms with Crippen LogP contribution < -0.4 is 0 Å². The maximum absolute atomic E-state index is 12.7. The third-order valence-electron chi connectivity index (χ3n) is 4.87. The molecule has 140 valence electrons. The van der Waals surface area contributed by atoms with Gasteiger partial charge in [-0.25, -0.2) is 13.4 Å². The highest BCUT2D eigenvalue weighted by atomic mass is 32.2. The number of rotatable bonds is 4. The molecule has 1 amide bonds. The van der Waals surface area contributed by atoms with E-state index in [1.54, 1.807) is 10.4 Å². The molecule has 0 aliphatic carbocycles. The molecule has 0 radical (unpaired) electrons. The number of sulfonamides is 1. The van der Waals surface area contributed by atoms with Crippen molar-refractivity contribution in [2.45, 2.75) is 36.8 Å². The summed E-state index contributed by atoms with van der Waals surface area (Å²) in [4.78, 5) is 19.7. The maximum Gasteiger partial charge on any atom is 0.265 e. The molecule has 9 heteroatoms. The highest BCUT2D eigenvalue weighted by molar-refractivity contribution is 7.91. The van der Waals surface area contributed by atoms with E-state index < -0.39 is 10.0 Å². The average Bonchev–Trinajstić information content (AvgIpc) is 3.40. The van der Waals surface area contributed by atoms with Crippen molar-refractivity contribution in [3.8, 4) is 10.6 Å². The van der Waals surface area contributed by atoms with E-state index in [0.29, 0.717) is 27.2 Å². The molecule has 0 unspecified atom stereocenters. The first-order valence-electron chi connectivity index (χ1n) is 8.82. The number of carbonyl (C=O) groups is 1. The zero-order valence-electron chi connectivity index (χ0n) is 14.6. The number of aryl methyl sites for hydroxylation is 1. The number of thiazole rings is 1. The number of hydrogen-bond donors (Lipinski definition) is 0. The van der Waals surface area contributed by atoms with Crippen molar-refractivity contribution < 1.29 is 13.2 Å². The standard InChI is InChI=1S/C17H21N3O3S3/c1-12-15(17(21)19-6-2-3-7-19)25-16(18-12)13-10-14(24-11-13)26(22,23)20-8-4-5-9-20/h10-11H,2-9H2,1H3. The summed E-state index contributed by atoms with van der Waals surface area (Å²) in [7, 11) is -3.41. The first-order chi connectivity index (χ1) is 12.5. The molecular weight excluding hydrogens is 390 g/mol. The maximum atomic E-state index is 12.7. The predicted molar refractivity (Wildman–Crippen MR) is 103 cm³/mol. The van der Waals surface area contributed by atoms with Crippen LogP contribution in [0.4, 0.5) is 0 Å². The average molecular weight is 412 g/mol. The molecule has 0 N–H and O–H groups in total. The molecule has 2 fully saturated rings. The normalized spacial score (nSPS) is 18.7. The molecule has 2 aliphatic heterocycles. The van der Waals surface area contributed by atoms with Gasteiger partial charge < -0.3 is 4.90 Å². The van der Waals surface area contributed by atoms with E-state index in [-0.39, 0.29) is 5.91 Å². The molecule has 0 bridgehead atoms. The summed E-state index contributed by atoms with van der Waals surface area (Å²) < 4.78 is 27.3. The molecule has 0 aromatic carbocycles. The lowest BCUT2D eigenvalue weighted by molar-refractivity contribution is 0.0796. The van der Waals surface area contributed by atoms with E-state index in [0.717, 1.165) is 50.0 Å². The van der Waals surface area contributed by atoms with Crippen LogP contribution in [0.25, 0.3) is 10.6 Å². The Balaban J connectivity index is 1.60. The Hall–Kier alpha value is -1.29. The van der Waals surface area contributed by atoms with Gasteiger partial charge in [-0.15, -0.1) is 22.7 Å². The van der Waals surface area contributed by atoms with Crippen molar-refractivity contribution >= 4 is 38.6 Å². The van der Waals surface area contributed by atoms with Gasteiger partial charge in [0.2, 0.25) is 0 Å². The lowest BCUT2D eigenvalue weighted by Gasteiger charge is -2.13. The van der Waals surface area contributed by atoms with Crippen molar-refractivity contribution in [3.05, 3.63) is 22.0 Å². The zero-order chi connectivity index (χ0) is 18.3. The quantitative estimate of drug-likeness (QED) is 0.775. The van der Waals surface area contributed by atoms with Gasteiger partial charge in [0, 0.05) is 37.1 Å². The van der Waals surface area contributed by atoms with E-state index in [1.165, 1.54) is 22.7 Å². The summed E-state index contributed by atoms with van der Waals surface area (Å²) in [6.45, 7) is 4.66. The highest BCUT2D eigenvalue weighted by Crippen LogP contribution is 2.35. The van der Waals surface area contributed by atoms with Crippen molar-refractivity contribution in [1.82, 2.24) is 14.2 Å². The number of nitrogens with zero attached hydrogens (tertiary/aromatic N) is 3. The van der Waals surface area contributed by atoms with E-state index in [1.807, 2.05) is 17.2 Å². The number of carbonyl (C=O) groups excluding carboxylic acids is 1. The summed E-state index contributed by atoms with van der Waals surface area (Å²) in [5.41, 5.74) is 1.50. The molecule has 2 saturated heterocycles. The fraction of sp³-hybridized carbons (Fsp3) is 0.529. The molecule has 2 aromatic rings. The Labute approximate surface area is 161 Å².